The van der Waals surface area contributed by atoms with Crippen molar-refractivity contribution in [3.63, 3.8) is 0 Å². The first-order chi connectivity index (χ1) is 19.2. The molecular formula is C31H41BrN2O6. The van der Waals surface area contributed by atoms with Crippen LogP contribution in [0.3, 0.4) is 0 Å². The fourth-order valence-corrected chi connectivity index (χ4v) is 7.71. The lowest BCUT2D eigenvalue weighted by molar-refractivity contribution is -0.155. The molecule has 1 N–H and O–H groups in total. The van der Waals surface area contributed by atoms with Crippen LogP contribution in [0.4, 0.5) is 5.69 Å². The lowest BCUT2D eigenvalue weighted by Gasteiger charge is -2.37. The van der Waals surface area contributed by atoms with Crippen molar-refractivity contribution in [3.8, 4) is 0 Å². The minimum Gasteiger partial charge on any atom is -0.465 e. The predicted octanol–water partition coefficient (Wildman–Crippen LogP) is 4.24. The first kappa shape index (κ1) is 30.5. The number of rotatable bonds is 14. The third kappa shape index (κ3) is 5.40. The van der Waals surface area contributed by atoms with E-state index in [4.69, 9.17) is 9.47 Å². The van der Waals surface area contributed by atoms with E-state index in [-0.39, 0.29) is 42.9 Å². The van der Waals surface area contributed by atoms with Gasteiger partial charge in [-0.2, -0.15) is 0 Å². The molecule has 2 amide bonds. The molecule has 3 aliphatic rings. The fraction of sp³-hybridized carbons (Fsp3) is 0.581. The molecule has 40 heavy (non-hydrogen) atoms. The number of alkyl halides is 1. The lowest BCUT2D eigenvalue weighted by atomic mass is 9.70. The van der Waals surface area contributed by atoms with Crippen LogP contribution in [0, 0.1) is 25.7 Å². The lowest BCUT2D eigenvalue weighted by Crippen LogP contribution is -2.57. The Hall–Kier alpha value is -2.49. The number of benzene rings is 1. The average molecular weight is 618 g/mol. The molecule has 6 atom stereocenters. The zero-order valence-electron chi connectivity index (χ0n) is 23.5. The summed E-state index contributed by atoms with van der Waals surface area (Å²) in [4.78, 5) is 45.3. The molecule has 3 fully saturated rings. The molecule has 4 rings (SSSR count). The van der Waals surface area contributed by atoms with Crippen LogP contribution < -0.4 is 4.90 Å². The number of carbonyl (C=O) groups excluding carboxylic acids is 3. The van der Waals surface area contributed by atoms with Gasteiger partial charge in [0.2, 0.25) is 5.91 Å². The zero-order valence-corrected chi connectivity index (χ0v) is 25.1. The highest BCUT2D eigenvalue weighted by Gasteiger charge is 2.77. The molecule has 3 saturated heterocycles. The highest BCUT2D eigenvalue weighted by molar-refractivity contribution is 9.09. The number of halogens is 1. The molecule has 218 valence electrons. The Morgan fingerprint density at radius 3 is 2.58 bits per heavy atom. The largest absolute Gasteiger partial charge is 0.465 e. The molecule has 0 aromatic heterocycles. The van der Waals surface area contributed by atoms with Crippen LogP contribution in [-0.2, 0) is 23.9 Å². The van der Waals surface area contributed by atoms with E-state index in [1.807, 2.05) is 38.1 Å². The van der Waals surface area contributed by atoms with E-state index in [9.17, 15) is 19.5 Å². The molecular weight excluding hydrogens is 576 g/mol. The Bertz CT molecular complexity index is 1120. The summed E-state index contributed by atoms with van der Waals surface area (Å²) in [5.41, 5.74) is 1.50. The molecule has 0 radical (unpaired) electrons. The first-order valence-electron chi connectivity index (χ1n) is 14.2. The van der Waals surface area contributed by atoms with Crippen LogP contribution >= 0.6 is 15.9 Å². The number of ether oxygens (including phenoxy) is 2. The Morgan fingerprint density at radius 1 is 1.20 bits per heavy atom. The highest BCUT2D eigenvalue weighted by atomic mass is 79.9. The average Bonchev–Trinajstić information content (AvgIpc) is 3.51. The van der Waals surface area contributed by atoms with Crippen LogP contribution in [0.2, 0.25) is 0 Å². The van der Waals surface area contributed by atoms with E-state index in [1.165, 1.54) is 0 Å². The number of aliphatic hydroxyl groups excluding tert-OH is 1. The second kappa shape index (κ2) is 13.0. The third-order valence-corrected chi connectivity index (χ3v) is 9.28. The number of nitrogens with zero attached hydrogens (tertiary/aromatic N) is 2. The quantitative estimate of drug-likeness (QED) is 0.145. The van der Waals surface area contributed by atoms with Gasteiger partial charge in [0.15, 0.2) is 0 Å². The van der Waals surface area contributed by atoms with Gasteiger partial charge in [-0.3, -0.25) is 14.4 Å². The number of likely N-dealkylation sites (tertiary alicyclic amines) is 1. The van der Waals surface area contributed by atoms with Crippen LogP contribution in [0.5, 0.6) is 0 Å². The predicted molar refractivity (Wildman–Crippen MR) is 157 cm³/mol. The maximum Gasteiger partial charge on any atom is 0.312 e. The summed E-state index contributed by atoms with van der Waals surface area (Å²) in [6.07, 6.45) is 6.82. The standard InChI is InChI=1S/C31H41BrN2O6/c1-5-7-8-11-18-39-30(38)23-24-28(36)34(16-9-10-17-35)27(31(24)19-22(32)26(23)40-31)29(37)33(15-6-2)25-20(3)13-12-14-21(25)4/h5-6,12-14,22-24,26-27,35H,1-2,7-11,15-19H2,3-4H3/t22?,23-,24+,26-,27?,31?/m1/s1. The maximum atomic E-state index is 14.6. The van der Waals surface area contributed by atoms with Gasteiger partial charge in [-0.1, -0.05) is 46.3 Å². The van der Waals surface area contributed by atoms with E-state index in [2.05, 4.69) is 29.1 Å². The van der Waals surface area contributed by atoms with Gasteiger partial charge in [0, 0.05) is 30.2 Å². The fourth-order valence-electron chi connectivity index (χ4n) is 6.77. The van der Waals surface area contributed by atoms with Crippen molar-refractivity contribution in [2.24, 2.45) is 11.8 Å². The van der Waals surface area contributed by atoms with Crippen LogP contribution in [0.15, 0.2) is 43.5 Å². The highest BCUT2D eigenvalue weighted by Crippen LogP contribution is 2.60. The SMILES string of the molecule is C=CCCCCOC(=O)[C@H]1[C@@H]2OC3(CC2Br)C(C(=O)N(CC=C)c2c(C)cccc2C)N(CCCCO)C(=O)[C@H]13. The molecule has 0 saturated carbocycles. The van der Waals surface area contributed by atoms with E-state index in [1.54, 1.807) is 15.9 Å². The second-order valence-corrected chi connectivity index (χ2v) is 12.2. The number of hydrogen-bond donors (Lipinski definition) is 1. The number of unbranched alkanes of at least 4 members (excludes halogenated alkanes) is 3. The molecule has 1 spiro atoms. The number of aryl methyl sites for hydroxylation is 2. The van der Waals surface area contributed by atoms with Gasteiger partial charge in [0.05, 0.1) is 24.5 Å². The molecule has 3 unspecified atom stereocenters. The van der Waals surface area contributed by atoms with Gasteiger partial charge in [-0.15, -0.1) is 13.2 Å². The van der Waals surface area contributed by atoms with E-state index < -0.39 is 35.6 Å². The Kier molecular flexibility index (Phi) is 9.90. The normalized spacial score (nSPS) is 28.4. The third-order valence-electron chi connectivity index (χ3n) is 8.44. The molecule has 1 aromatic carbocycles. The van der Waals surface area contributed by atoms with Crippen molar-refractivity contribution in [1.82, 2.24) is 4.90 Å². The summed E-state index contributed by atoms with van der Waals surface area (Å²) in [6, 6.07) is 4.94. The van der Waals surface area contributed by atoms with Crippen molar-refractivity contribution in [2.45, 2.75) is 74.9 Å². The summed E-state index contributed by atoms with van der Waals surface area (Å²) in [6.45, 7) is 12.3. The van der Waals surface area contributed by atoms with E-state index in [0.29, 0.717) is 25.7 Å². The van der Waals surface area contributed by atoms with Gasteiger partial charge < -0.3 is 24.4 Å². The molecule has 8 nitrogen and oxygen atoms in total. The number of allylic oxidation sites excluding steroid dienone is 1. The van der Waals surface area contributed by atoms with E-state index >= 15 is 0 Å². The Balaban J connectivity index is 1.71. The van der Waals surface area contributed by atoms with Crippen LogP contribution in [0.1, 0.15) is 49.7 Å². The van der Waals surface area contributed by atoms with Gasteiger partial charge in [0.25, 0.3) is 5.91 Å². The zero-order chi connectivity index (χ0) is 29.0. The van der Waals surface area contributed by atoms with E-state index in [0.717, 1.165) is 29.7 Å². The minimum absolute atomic E-state index is 0.0109. The van der Waals surface area contributed by atoms with Gasteiger partial charge in [-0.05, 0) is 63.5 Å². The van der Waals surface area contributed by atoms with Gasteiger partial charge >= 0.3 is 5.97 Å². The van der Waals surface area contributed by atoms with Gasteiger partial charge in [0.1, 0.15) is 11.6 Å². The minimum atomic E-state index is -1.16. The number of para-hydroxylation sites is 1. The molecule has 3 aliphatic heterocycles. The summed E-state index contributed by atoms with van der Waals surface area (Å²) in [5, 5.41) is 9.41. The smallest absolute Gasteiger partial charge is 0.312 e. The molecule has 9 heteroatoms. The van der Waals surface area contributed by atoms with Crippen LogP contribution in [-0.4, -0.2) is 76.7 Å². The van der Waals surface area contributed by atoms with Crippen molar-refractivity contribution < 1.29 is 29.0 Å². The molecule has 2 bridgehead atoms. The number of fused-ring (bicyclic) bond motifs is 1. The topological polar surface area (TPSA) is 96.4 Å². The van der Waals surface area contributed by atoms with Crippen molar-refractivity contribution in [3.05, 3.63) is 54.6 Å². The number of anilines is 1. The van der Waals surface area contributed by atoms with Crippen molar-refractivity contribution in [2.75, 3.05) is 31.2 Å². The first-order valence-corrected chi connectivity index (χ1v) is 15.1. The second-order valence-electron chi connectivity index (χ2n) is 11.1. The monoisotopic (exact) mass is 616 g/mol. The molecule has 1 aromatic rings. The van der Waals surface area contributed by atoms with Crippen molar-refractivity contribution in [1.29, 1.82) is 0 Å². The van der Waals surface area contributed by atoms with Crippen molar-refractivity contribution >= 4 is 39.4 Å². The van der Waals surface area contributed by atoms with Gasteiger partial charge in [-0.25, -0.2) is 0 Å². The summed E-state index contributed by atoms with van der Waals surface area (Å²) < 4.78 is 12.3. The number of hydrogen-bond acceptors (Lipinski definition) is 6. The molecule has 3 heterocycles. The summed E-state index contributed by atoms with van der Waals surface area (Å²) in [7, 11) is 0. The summed E-state index contributed by atoms with van der Waals surface area (Å²) >= 11 is 3.71. The Morgan fingerprint density at radius 2 is 1.93 bits per heavy atom. The molecule has 0 aliphatic carbocycles. The summed E-state index contributed by atoms with van der Waals surface area (Å²) in [5.74, 6) is -2.56. The Labute approximate surface area is 245 Å². The number of aliphatic hydroxyl groups is 1. The number of carbonyl (C=O) groups is 3. The number of amides is 2. The maximum absolute atomic E-state index is 14.6. The number of esters is 1. The van der Waals surface area contributed by atoms with Crippen LogP contribution in [0.25, 0.3) is 0 Å².